The van der Waals surface area contributed by atoms with Crippen LogP contribution in [0.5, 0.6) is 5.75 Å². The van der Waals surface area contributed by atoms with Gasteiger partial charge in [-0.15, -0.1) is 0 Å². The molecule has 1 N–H and O–H groups in total. The molecule has 27 heavy (non-hydrogen) atoms. The standard InChI is InChI=1S/C20H24N2O4S/c1-15-6-5-7-19(16(15)2)21-20(23)14-26-17-8-10-18(11-9-17)27(24,25)22-12-3-4-13-22/h5-11H,3-4,12-14H2,1-2H3,(H,21,23). The van der Waals surface area contributed by atoms with Crippen molar-refractivity contribution in [1.82, 2.24) is 4.31 Å². The zero-order chi connectivity index (χ0) is 19.4. The molecule has 0 aliphatic carbocycles. The topological polar surface area (TPSA) is 75.7 Å². The van der Waals surface area contributed by atoms with Crippen molar-refractivity contribution in [1.29, 1.82) is 0 Å². The van der Waals surface area contributed by atoms with Gasteiger partial charge in [-0.2, -0.15) is 4.31 Å². The van der Waals surface area contributed by atoms with Crippen molar-refractivity contribution in [2.24, 2.45) is 0 Å². The number of amides is 1. The van der Waals surface area contributed by atoms with Crippen LogP contribution < -0.4 is 10.1 Å². The summed E-state index contributed by atoms with van der Waals surface area (Å²) in [5.41, 5.74) is 2.88. The average Bonchev–Trinajstić information content (AvgIpc) is 3.20. The van der Waals surface area contributed by atoms with E-state index in [9.17, 15) is 13.2 Å². The molecule has 2 aromatic carbocycles. The molecule has 0 radical (unpaired) electrons. The number of nitrogens with zero attached hydrogens (tertiary/aromatic N) is 1. The highest BCUT2D eigenvalue weighted by Crippen LogP contribution is 2.23. The molecular formula is C20H24N2O4S. The minimum Gasteiger partial charge on any atom is -0.484 e. The number of hydrogen-bond donors (Lipinski definition) is 1. The van der Waals surface area contributed by atoms with E-state index in [1.807, 2.05) is 32.0 Å². The lowest BCUT2D eigenvalue weighted by Crippen LogP contribution is -2.27. The minimum absolute atomic E-state index is 0.147. The Morgan fingerprint density at radius 2 is 1.74 bits per heavy atom. The molecular weight excluding hydrogens is 364 g/mol. The molecule has 0 unspecified atom stereocenters. The van der Waals surface area contributed by atoms with Crippen LogP contribution >= 0.6 is 0 Å². The summed E-state index contributed by atoms with van der Waals surface area (Å²) in [7, 11) is -3.44. The van der Waals surface area contributed by atoms with Gasteiger partial charge in [0.15, 0.2) is 6.61 Å². The van der Waals surface area contributed by atoms with Crippen molar-refractivity contribution < 1.29 is 17.9 Å². The lowest BCUT2D eigenvalue weighted by Gasteiger charge is -2.15. The SMILES string of the molecule is Cc1cccc(NC(=O)COc2ccc(S(=O)(=O)N3CCCC3)cc2)c1C. The maximum atomic E-state index is 12.5. The molecule has 0 spiro atoms. The van der Waals surface area contributed by atoms with E-state index < -0.39 is 10.0 Å². The van der Waals surface area contributed by atoms with E-state index in [-0.39, 0.29) is 17.4 Å². The van der Waals surface area contributed by atoms with Gasteiger partial charge in [-0.3, -0.25) is 4.79 Å². The number of carbonyl (C=O) groups excluding carboxylic acids is 1. The molecule has 1 aliphatic heterocycles. The first-order valence-corrected chi connectivity index (χ1v) is 10.4. The first-order valence-electron chi connectivity index (χ1n) is 8.97. The summed E-state index contributed by atoms with van der Waals surface area (Å²) in [6, 6.07) is 11.9. The number of nitrogens with one attached hydrogen (secondary N) is 1. The van der Waals surface area contributed by atoms with E-state index in [1.54, 1.807) is 12.1 Å². The number of hydrogen-bond acceptors (Lipinski definition) is 4. The monoisotopic (exact) mass is 388 g/mol. The fraction of sp³-hybridized carbons (Fsp3) is 0.350. The Hall–Kier alpha value is -2.38. The largest absolute Gasteiger partial charge is 0.484 e. The highest BCUT2D eigenvalue weighted by atomic mass is 32.2. The van der Waals surface area contributed by atoms with E-state index in [2.05, 4.69) is 5.32 Å². The summed E-state index contributed by atoms with van der Waals surface area (Å²) in [6.07, 6.45) is 1.80. The maximum absolute atomic E-state index is 12.5. The van der Waals surface area contributed by atoms with Crippen molar-refractivity contribution >= 4 is 21.6 Å². The number of benzene rings is 2. The molecule has 144 valence electrons. The smallest absolute Gasteiger partial charge is 0.262 e. The number of aryl methyl sites for hydroxylation is 1. The summed E-state index contributed by atoms with van der Waals surface area (Å²) in [6.45, 7) is 4.93. The number of sulfonamides is 1. The number of ether oxygens (including phenoxy) is 1. The zero-order valence-electron chi connectivity index (χ0n) is 15.6. The van der Waals surface area contributed by atoms with Crippen LogP contribution in [0.3, 0.4) is 0 Å². The van der Waals surface area contributed by atoms with Gasteiger partial charge >= 0.3 is 0 Å². The van der Waals surface area contributed by atoms with Gasteiger partial charge in [0.05, 0.1) is 4.90 Å². The van der Waals surface area contributed by atoms with Crippen LogP contribution in [0.25, 0.3) is 0 Å². The third-order valence-electron chi connectivity index (χ3n) is 4.78. The molecule has 1 saturated heterocycles. The van der Waals surface area contributed by atoms with Crippen LogP contribution in [-0.4, -0.2) is 38.3 Å². The van der Waals surface area contributed by atoms with Crippen LogP contribution in [0.2, 0.25) is 0 Å². The molecule has 7 heteroatoms. The van der Waals surface area contributed by atoms with Gasteiger partial charge in [0.1, 0.15) is 5.75 Å². The quantitative estimate of drug-likeness (QED) is 0.825. The van der Waals surface area contributed by atoms with Crippen LogP contribution in [-0.2, 0) is 14.8 Å². The third kappa shape index (κ3) is 4.48. The third-order valence-corrected chi connectivity index (χ3v) is 6.69. The highest BCUT2D eigenvalue weighted by Gasteiger charge is 2.26. The van der Waals surface area contributed by atoms with E-state index in [1.165, 1.54) is 16.4 Å². The van der Waals surface area contributed by atoms with E-state index in [4.69, 9.17) is 4.74 Å². The lowest BCUT2D eigenvalue weighted by molar-refractivity contribution is -0.118. The van der Waals surface area contributed by atoms with E-state index in [0.717, 1.165) is 29.7 Å². The molecule has 0 aromatic heterocycles. The van der Waals surface area contributed by atoms with Gasteiger partial charge in [-0.05, 0) is 68.1 Å². The molecule has 0 bridgehead atoms. The first kappa shape index (κ1) is 19.4. The number of rotatable bonds is 6. The van der Waals surface area contributed by atoms with E-state index in [0.29, 0.717) is 18.8 Å². The molecule has 2 aromatic rings. The Kier molecular flexibility index (Phi) is 5.82. The second kappa shape index (κ2) is 8.10. The Bertz CT molecular complexity index is 917. The van der Waals surface area contributed by atoms with Crippen molar-refractivity contribution in [2.75, 3.05) is 25.0 Å². The van der Waals surface area contributed by atoms with Crippen molar-refractivity contribution in [3.63, 3.8) is 0 Å². The fourth-order valence-corrected chi connectivity index (χ4v) is 4.52. The van der Waals surface area contributed by atoms with Gasteiger partial charge in [-0.1, -0.05) is 12.1 Å². The van der Waals surface area contributed by atoms with Gasteiger partial charge in [0.25, 0.3) is 5.91 Å². The number of carbonyl (C=O) groups is 1. The summed E-state index contributed by atoms with van der Waals surface area (Å²) in [5.74, 6) is 0.184. The summed E-state index contributed by atoms with van der Waals surface area (Å²) < 4.78 is 32.0. The van der Waals surface area contributed by atoms with Crippen LogP contribution in [0.4, 0.5) is 5.69 Å². The molecule has 1 heterocycles. The molecule has 6 nitrogen and oxygen atoms in total. The normalized spacial score (nSPS) is 14.9. The second-order valence-electron chi connectivity index (χ2n) is 6.67. The number of anilines is 1. The van der Waals surface area contributed by atoms with Crippen molar-refractivity contribution in [3.05, 3.63) is 53.6 Å². The van der Waals surface area contributed by atoms with Gasteiger partial charge in [-0.25, -0.2) is 8.42 Å². The predicted octanol–water partition coefficient (Wildman–Crippen LogP) is 3.11. The second-order valence-corrected chi connectivity index (χ2v) is 8.60. The molecule has 0 atom stereocenters. The Morgan fingerprint density at radius 1 is 1.07 bits per heavy atom. The lowest BCUT2D eigenvalue weighted by atomic mass is 10.1. The van der Waals surface area contributed by atoms with Crippen molar-refractivity contribution in [3.8, 4) is 5.75 Å². The van der Waals surface area contributed by atoms with Crippen molar-refractivity contribution in [2.45, 2.75) is 31.6 Å². The zero-order valence-corrected chi connectivity index (χ0v) is 16.4. The van der Waals surface area contributed by atoms with Gasteiger partial charge in [0, 0.05) is 18.8 Å². The first-order chi connectivity index (χ1) is 12.9. The summed E-state index contributed by atoms with van der Waals surface area (Å²) in [4.78, 5) is 12.4. The Labute approximate surface area is 160 Å². The van der Waals surface area contributed by atoms with Crippen LogP contribution in [0.15, 0.2) is 47.4 Å². The summed E-state index contributed by atoms with van der Waals surface area (Å²) >= 11 is 0. The van der Waals surface area contributed by atoms with Crippen LogP contribution in [0, 0.1) is 13.8 Å². The highest BCUT2D eigenvalue weighted by molar-refractivity contribution is 7.89. The molecule has 1 amide bonds. The van der Waals surface area contributed by atoms with E-state index >= 15 is 0 Å². The minimum atomic E-state index is -3.44. The Balaban J connectivity index is 1.58. The van der Waals surface area contributed by atoms with Gasteiger partial charge in [0.2, 0.25) is 10.0 Å². The summed E-state index contributed by atoms with van der Waals surface area (Å²) in [5, 5.41) is 2.83. The fourth-order valence-electron chi connectivity index (χ4n) is 3.01. The maximum Gasteiger partial charge on any atom is 0.262 e. The predicted molar refractivity (Wildman–Crippen MR) is 104 cm³/mol. The van der Waals surface area contributed by atoms with Crippen LogP contribution in [0.1, 0.15) is 24.0 Å². The molecule has 0 saturated carbocycles. The molecule has 1 fully saturated rings. The van der Waals surface area contributed by atoms with Gasteiger partial charge < -0.3 is 10.1 Å². The average molecular weight is 388 g/mol. The molecule has 1 aliphatic rings. The molecule has 3 rings (SSSR count). The Morgan fingerprint density at radius 3 is 2.41 bits per heavy atom.